The minimum Gasteiger partial charge on any atom is -0.496 e. The van der Waals surface area contributed by atoms with Crippen molar-refractivity contribution < 1.29 is 19.0 Å². The number of rotatable bonds is 19. The average Bonchev–Trinajstić information content (AvgIpc) is 3.46. The van der Waals surface area contributed by atoms with Crippen molar-refractivity contribution in [3.63, 3.8) is 0 Å². The zero-order valence-electron chi connectivity index (χ0n) is 26.2. The van der Waals surface area contributed by atoms with Crippen LogP contribution in [0.1, 0.15) is 88.4 Å². The summed E-state index contributed by atoms with van der Waals surface area (Å²) >= 11 is 0. The van der Waals surface area contributed by atoms with Crippen molar-refractivity contribution in [1.29, 1.82) is 0 Å². The van der Waals surface area contributed by atoms with Crippen molar-refractivity contribution >= 4 is 17.3 Å². The molecule has 0 saturated carbocycles. The Balaban J connectivity index is 1.73. The van der Waals surface area contributed by atoms with Crippen LogP contribution in [0.5, 0.6) is 17.2 Å². The number of amides is 1. The maximum Gasteiger partial charge on any atom is 0.240 e. The molecular formula is C32H48N6O4. The lowest BCUT2D eigenvalue weighted by molar-refractivity contribution is -0.116. The summed E-state index contributed by atoms with van der Waals surface area (Å²) in [5.41, 5.74) is 2.18. The van der Waals surface area contributed by atoms with Crippen molar-refractivity contribution in [3.8, 4) is 17.2 Å². The highest BCUT2D eigenvalue weighted by molar-refractivity contribution is 6.00. The van der Waals surface area contributed by atoms with Crippen molar-refractivity contribution in [2.45, 2.75) is 83.6 Å². The molecule has 42 heavy (non-hydrogen) atoms. The molecule has 0 aliphatic heterocycles. The van der Waals surface area contributed by atoms with Crippen LogP contribution in [0.4, 0.5) is 11.4 Å². The van der Waals surface area contributed by atoms with E-state index in [1.165, 1.54) is 65.6 Å². The molecule has 1 amide bonds. The molecule has 2 aromatic carbocycles. The van der Waals surface area contributed by atoms with E-state index in [0.717, 1.165) is 24.1 Å². The summed E-state index contributed by atoms with van der Waals surface area (Å²) in [4.78, 5) is 17.5. The summed E-state index contributed by atoms with van der Waals surface area (Å²) < 4.78 is 16.4. The second-order valence-corrected chi connectivity index (χ2v) is 10.7. The largest absolute Gasteiger partial charge is 0.496 e. The van der Waals surface area contributed by atoms with Crippen molar-refractivity contribution in [1.82, 2.24) is 20.2 Å². The lowest BCUT2D eigenvalue weighted by Gasteiger charge is -2.19. The number of carbonyl (C=O) groups is 1. The number of aromatic nitrogens is 4. The number of methoxy groups -OCH3 is 3. The number of nitrogens with one attached hydrogen (secondary N) is 1. The number of hydrogen-bond donors (Lipinski definition) is 1. The van der Waals surface area contributed by atoms with Crippen LogP contribution in [0.15, 0.2) is 36.4 Å². The van der Waals surface area contributed by atoms with E-state index in [2.05, 4.69) is 27.7 Å². The van der Waals surface area contributed by atoms with Crippen LogP contribution in [0.25, 0.3) is 0 Å². The van der Waals surface area contributed by atoms with Gasteiger partial charge in [0.2, 0.25) is 5.91 Å². The zero-order chi connectivity index (χ0) is 30.3. The standard InChI is InChI=1S/C32H48N6O4/c1-7-8-9-10-11-12-13-14-15-16-21-38-35-31(34-36-38)29(24-17-19-25(20-18-24)37(2)3)32(39)33-30-27(41-5)22-26(40-4)23-28(30)42-6/h17-20,22-23,29H,7-16,21H2,1-6H3,(H,33,39)/t29-/m0/s1. The van der Waals surface area contributed by atoms with Crippen LogP contribution in [-0.4, -0.2) is 61.5 Å². The summed E-state index contributed by atoms with van der Waals surface area (Å²) in [6.07, 6.45) is 12.6. The fourth-order valence-electron chi connectivity index (χ4n) is 4.91. The van der Waals surface area contributed by atoms with Gasteiger partial charge in [0.1, 0.15) is 28.9 Å². The van der Waals surface area contributed by atoms with Crippen molar-refractivity contribution in [3.05, 3.63) is 47.8 Å². The van der Waals surface area contributed by atoms with Gasteiger partial charge in [0, 0.05) is 31.9 Å². The Kier molecular flexibility index (Phi) is 13.4. The van der Waals surface area contributed by atoms with Crippen LogP contribution >= 0.6 is 0 Å². The number of anilines is 2. The van der Waals surface area contributed by atoms with E-state index in [9.17, 15) is 4.79 Å². The number of ether oxygens (including phenoxy) is 3. The van der Waals surface area contributed by atoms with Gasteiger partial charge in [-0.3, -0.25) is 4.79 Å². The Morgan fingerprint density at radius 1 is 0.857 bits per heavy atom. The van der Waals surface area contributed by atoms with Gasteiger partial charge in [-0.15, -0.1) is 10.2 Å². The van der Waals surface area contributed by atoms with E-state index in [1.54, 1.807) is 24.0 Å². The Morgan fingerprint density at radius 2 is 1.43 bits per heavy atom. The lowest BCUT2D eigenvalue weighted by atomic mass is 9.96. The Morgan fingerprint density at radius 3 is 1.95 bits per heavy atom. The maximum atomic E-state index is 13.9. The van der Waals surface area contributed by atoms with Crippen molar-refractivity contribution in [2.75, 3.05) is 45.6 Å². The van der Waals surface area contributed by atoms with Gasteiger partial charge in [-0.25, -0.2) is 0 Å². The molecule has 1 atom stereocenters. The number of hydrogen-bond acceptors (Lipinski definition) is 8. The van der Waals surface area contributed by atoms with Gasteiger partial charge in [-0.05, 0) is 29.3 Å². The van der Waals surface area contributed by atoms with Gasteiger partial charge < -0.3 is 24.4 Å². The lowest BCUT2D eigenvalue weighted by Crippen LogP contribution is -2.24. The topological polar surface area (TPSA) is 104 Å². The third-order valence-corrected chi connectivity index (χ3v) is 7.41. The number of aryl methyl sites for hydroxylation is 1. The molecule has 1 heterocycles. The van der Waals surface area contributed by atoms with Gasteiger partial charge in [-0.1, -0.05) is 76.8 Å². The highest BCUT2D eigenvalue weighted by Crippen LogP contribution is 2.40. The maximum absolute atomic E-state index is 13.9. The molecule has 0 aliphatic rings. The van der Waals surface area contributed by atoms with Crippen LogP contribution in [0.2, 0.25) is 0 Å². The number of benzene rings is 2. The predicted octanol–water partition coefficient (Wildman–Crippen LogP) is 6.46. The van der Waals surface area contributed by atoms with Gasteiger partial charge in [-0.2, -0.15) is 4.80 Å². The Labute approximate surface area is 250 Å². The van der Waals surface area contributed by atoms with Crippen molar-refractivity contribution in [2.24, 2.45) is 0 Å². The molecule has 10 nitrogen and oxygen atoms in total. The Bertz CT molecular complexity index is 1200. The van der Waals surface area contributed by atoms with Crippen LogP contribution in [0, 0.1) is 0 Å². The Hall–Kier alpha value is -3.82. The predicted molar refractivity (Wildman–Crippen MR) is 167 cm³/mol. The quantitative estimate of drug-likeness (QED) is 0.161. The molecule has 0 aliphatic carbocycles. The zero-order valence-corrected chi connectivity index (χ0v) is 26.2. The summed E-state index contributed by atoms with van der Waals surface area (Å²) in [6.45, 7) is 2.92. The third kappa shape index (κ3) is 9.36. The molecule has 1 aromatic heterocycles. The molecule has 230 valence electrons. The SMILES string of the molecule is CCCCCCCCCCCCn1nnc([C@@H](C(=O)Nc2c(OC)cc(OC)cc2OC)c2ccc(N(C)C)cc2)n1. The van der Waals surface area contributed by atoms with Crippen LogP contribution in [-0.2, 0) is 11.3 Å². The van der Waals surface area contributed by atoms with Gasteiger partial charge in [0.05, 0.1) is 27.9 Å². The van der Waals surface area contributed by atoms with Gasteiger partial charge in [0.25, 0.3) is 0 Å². The highest BCUT2D eigenvalue weighted by atomic mass is 16.5. The highest BCUT2D eigenvalue weighted by Gasteiger charge is 2.29. The second-order valence-electron chi connectivity index (χ2n) is 10.7. The number of nitrogens with zero attached hydrogens (tertiary/aromatic N) is 5. The van der Waals surface area contributed by atoms with E-state index in [0.29, 0.717) is 35.3 Å². The summed E-state index contributed by atoms with van der Waals surface area (Å²) in [5.74, 6) is 0.599. The minimum absolute atomic E-state index is 0.326. The molecule has 3 aromatic rings. The monoisotopic (exact) mass is 580 g/mol. The first-order valence-corrected chi connectivity index (χ1v) is 15.1. The molecule has 0 unspecified atom stereocenters. The average molecular weight is 581 g/mol. The molecule has 1 N–H and O–H groups in total. The molecule has 3 rings (SSSR count). The summed E-state index contributed by atoms with van der Waals surface area (Å²) in [5, 5.41) is 16.2. The molecule has 0 fully saturated rings. The van der Waals surface area contributed by atoms with Crippen LogP contribution < -0.4 is 24.4 Å². The second kappa shape index (κ2) is 17.2. The van der Waals surface area contributed by atoms with E-state index in [4.69, 9.17) is 14.2 Å². The molecular weight excluding hydrogens is 532 g/mol. The fourth-order valence-corrected chi connectivity index (χ4v) is 4.91. The van der Waals surface area contributed by atoms with Gasteiger partial charge >= 0.3 is 0 Å². The fraction of sp³-hybridized carbons (Fsp3) is 0.562. The molecule has 0 spiro atoms. The number of unbranched alkanes of at least 4 members (excludes halogenated alkanes) is 9. The molecule has 10 heteroatoms. The normalized spacial score (nSPS) is 11.7. The third-order valence-electron chi connectivity index (χ3n) is 7.41. The first kappa shape index (κ1) is 32.7. The summed E-state index contributed by atoms with van der Waals surface area (Å²) in [6, 6.07) is 11.2. The molecule has 0 bridgehead atoms. The first-order chi connectivity index (χ1) is 20.4. The first-order valence-electron chi connectivity index (χ1n) is 15.1. The smallest absolute Gasteiger partial charge is 0.240 e. The van der Waals surface area contributed by atoms with E-state index >= 15 is 0 Å². The van der Waals surface area contributed by atoms with Crippen LogP contribution in [0.3, 0.4) is 0 Å². The van der Waals surface area contributed by atoms with E-state index < -0.39 is 5.92 Å². The number of carbonyl (C=O) groups excluding carboxylic acids is 1. The number of tetrazole rings is 1. The molecule has 0 radical (unpaired) electrons. The summed E-state index contributed by atoms with van der Waals surface area (Å²) in [7, 11) is 8.57. The van der Waals surface area contributed by atoms with E-state index in [-0.39, 0.29) is 5.91 Å². The van der Waals surface area contributed by atoms with Gasteiger partial charge in [0.15, 0.2) is 5.82 Å². The molecule has 0 saturated heterocycles. The minimum atomic E-state index is -0.792. The van der Waals surface area contributed by atoms with E-state index in [1.807, 2.05) is 43.3 Å².